The van der Waals surface area contributed by atoms with Crippen LogP contribution in [0.15, 0.2) is 0 Å². The van der Waals surface area contributed by atoms with E-state index in [2.05, 4.69) is 12.2 Å². The molecule has 0 saturated carbocycles. The number of amides is 2. The topological polar surface area (TPSA) is 75.4 Å². The summed E-state index contributed by atoms with van der Waals surface area (Å²) in [5.41, 5.74) is 5.50. The number of hydrogen-bond acceptors (Lipinski definition) is 3. The molecule has 1 unspecified atom stereocenters. The Balaban J connectivity index is 2.15. The van der Waals surface area contributed by atoms with Gasteiger partial charge in [0.2, 0.25) is 11.8 Å². The number of nitrogens with one attached hydrogen (secondary N) is 1. The first-order valence-corrected chi connectivity index (χ1v) is 12.9. The molecular weight excluding hydrogens is 374 g/mol. The lowest BCUT2D eigenvalue weighted by Crippen LogP contribution is -2.46. The summed E-state index contributed by atoms with van der Waals surface area (Å²) in [4.78, 5) is 27.0. The largest absolute Gasteiger partial charge is 0.356 e. The van der Waals surface area contributed by atoms with Gasteiger partial charge in [-0.3, -0.25) is 9.59 Å². The molecular formula is C25H49N3O2. The molecule has 0 aromatic carbocycles. The smallest absolute Gasteiger partial charge is 0.222 e. The quantitative estimate of drug-likeness (QED) is 0.293. The first-order chi connectivity index (χ1) is 14.7. The Morgan fingerprint density at radius 3 is 2.17 bits per heavy atom. The fourth-order valence-corrected chi connectivity index (χ4v) is 4.41. The normalized spacial score (nSPS) is 16.6. The second kappa shape index (κ2) is 18.7. The number of rotatable bonds is 18. The summed E-state index contributed by atoms with van der Waals surface area (Å²) in [5.74, 6) is 0.349. The third-order valence-corrected chi connectivity index (χ3v) is 6.32. The van der Waals surface area contributed by atoms with Crippen LogP contribution in [0.5, 0.6) is 0 Å². The summed E-state index contributed by atoms with van der Waals surface area (Å²) in [7, 11) is 0. The van der Waals surface area contributed by atoms with Crippen molar-refractivity contribution < 1.29 is 9.59 Å². The van der Waals surface area contributed by atoms with Crippen molar-refractivity contribution in [3.05, 3.63) is 0 Å². The monoisotopic (exact) mass is 423 g/mol. The molecule has 0 spiro atoms. The highest BCUT2D eigenvalue weighted by Crippen LogP contribution is 2.21. The summed E-state index contributed by atoms with van der Waals surface area (Å²) in [6.45, 7) is 4.52. The molecule has 1 atom stereocenters. The van der Waals surface area contributed by atoms with Gasteiger partial charge >= 0.3 is 0 Å². The average molecular weight is 424 g/mol. The number of hydrogen-bond donors (Lipinski definition) is 2. The van der Waals surface area contributed by atoms with E-state index in [1.165, 1.54) is 51.4 Å². The minimum Gasteiger partial charge on any atom is -0.356 e. The number of likely N-dealkylation sites (tertiary alicyclic amines) is 1. The van der Waals surface area contributed by atoms with Crippen LogP contribution in [-0.2, 0) is 9.59 Å². The number of carbonyl (C=O) groups is 2. The Hall–Kier alpha value is -1.10. The van der Waals surface area contributed by atoms with Crippen LogP contribution in [0.1, 0.15) is 122 Å². The maximum Gasteiger partial charge on any atom is 0.222 e. The third-order valence-electron chi connectivity index (χ3n) is 6.32. The Morgan fingerprint density at radius 2 is 1.50 bits per heavy atom. The van der Waals surface area contributed by atoms with Crippen LogP contribution >= 0.6 is 0 Å². The lowest BCUT2D eigenvalue weighted by Gasteiger charge is -2.35. The molecule has 0 bridgehead atoms. The van der Waals surface area contributed by atoms with E-state index < -0.39 is 0 Å². The predicted octanol–water partition coefficient (Wildman–Crippen LogP) is 5.31. The lowest BCUT2D eigenvalue weighted by atomic mass is 9.98. The van der Waals surface area contributed by atoms with Gasteiger partial charge in [0.05, 0.1) is 0 Å². The highest BCUT2D eigenvalue weighted by molar-refractivity contribution is 5.80. The minimum atomic E-state index is 0.0892. The van der Waals surface area contributed by atoms with Crippen molar-refractivity contribution in [1.29, 1.82) is 0 Å². The molecule has 1 saturated heterocycles. The molecule has 0 aliphatic carbocycles. The Bertz CT molecular complexity index is 442. The van der Waals surface area contributed by atoms with Crippen LogP contribution in [0.25, 0.3) is 0 Å². The molecule has 1 fully saturated rings. The van der Waals surface area contributed by atoms with Gasteiger partial charge in [0.15, 0.2) is 0 Å². The highest BCUT2D eigenvalue weighted by atomic mass is 16.2. The molecule has 1 heterocycles. The number of unbranched alkanes of at least 4 members (excludes halogenated alkanes) is 11. The van der Waals surface area contributed by atoms with Gasteiger partial charge in [0.25, 0.3) is 0 Å². The van der Waals surface area contributed by atoms with Crippen LogP contribution in [0.3, 0.4) is 0 Å². The third kappa shape index (κ3) is 13.3. The molecule has 0 aromatic rings. The zero-order valence-corrected chi connectivity index (χ0v) is 19.8. The van der Waals surface area contributed by atoms with Gasteiger partial charge in [-0.05, 0) is 45.1 Å². The predicted molar refractivity (Wildman–Crippen MR) is 126 cm³/mol. The first kappa shape index (κ1) is 26.9. The van der Waals surface area contributed by atoms with Crippen LogP contribution in [0, 0.1) is 0 Å². The molecule has 1 aliphatic rings. The second-order valence-electron chi connectivity index (χ2n) is 9.07. The molecule has 3 N–H and O–H groups in total. The summed E-state index contributed by atoms with van der Waals surface area (Å²) >= 11 is 0. The summed E-state index contributed by atoms with van der Waals surface area (Å²) in [5, 5.41) is 3.02. The van der Waals surface area contributed by atoms with E-state index in [9.17, 15) is 9.59 Å². The molecule has 30 heavy (non-hydrogen) atoms. The van der Waals surface area contributed by atoms with Gasteiger partial charge in [0, 0.05) is 32.0 Å². The molecule has 1 aliphatic heterocycles. The van der Waals surface area contributed by atoms with Crippen molar-refractivity contribution in [2.45, 2.75) is 129 Å². The molecule has 5 heteroatoms. The summed E-state index contributed by atoms with van der Waals surface area (Å²) < 4.78 is 0. The lowest BCUT2D eigenvalue weighted by molar-refractivity contribution is -0.136. The van der Waals surface area contributed by atoms with Gasteiger partial charge in [-0.2, -0.15) is 0 Å². The minimum absolute atomic E-state index is 0.0892. The standard InChI is InChI=1S/C25H49N3O2/c1-2-3-4-5-6-7-8-9-10-12-18-25(30)28-21-16-13-17-23(28)22-24(29)27-20-15-11-14-19-26/h23H,2-22,26H2,1H3,(H,27,29). The maximum atomic E-state index is 12.7. The number of nitrogens with zero attached hydrogens (tertiary/aromatic N) is 1. The van der Waals surface area contributed by atoms with Crippen molar-refractivity contribution in [2.75, 3.05) is 19.6 Å². The first-order valence-electron chi connectivity index (χ1n) is 12.9. The van der Waals surface area contributed by atoms with E-state index in [-0.39, 0.29) is 17.9 Å². The highest BCUT2D eigenvalue weighted by Gasteiger charge is 2.27. The van der Waals surface area contributed by atoms with Crippen molar-refractivity contribution in [2.24, 2.45) is 5.73 Å². The van der Waals surface area contributed by atoms with Crippen molar-refractivity contribution in [1.82, 2.24) is 10.2 Å². The fraction of sp³-hybridized carbons (Fsp3) is 0.920. The zero-order valence-electron chi connectivity index (χ0n) is 19.8. The van der Waals surface area contributed by atoms with Crippen LogP contribution in [0.4, 0.5) is 0 Å². The van der Waals surface area contributed by atoms with Gasteiger partial charge in [0.1, 0.15) is 0 Å². The number of nitrogens with two attached hydrogens (primary N) is 1. The molecule has 0 aromatic heterocycles. The van der Waals surface area contributed by atoms with E-state index >= 15 is 0 Å². The van der Waals surface area contributed by atoms with E-state index in [1.807, 2.05) is 4.90 Å². The fourth-order valence-electron chi connectivity index (χ4n) is 4.41. The number of carbonyl (C=O) groups excluding carboxylic acids is 2. The Kier molecular flexibility index (Phi) is 16.7. The second-order valence-corrected chi connectivity index (χ2v) is 9.07. The molecule has 176 valence electrons. The van der Waals surface area contributed by atoms with Crippen molar-refractivity contribution in [3.8, 4) is 0 Å². The van der Waals surface area contributed by atoms with Crippen LogP contribution in [0.2, 0.25) is 0 Å². The van der Waals surface area contributed by atoms with E-state index in [0.29, 0.717) is 19.4 Å². The van der Waals surface area contributed by atoms with Crippen LogP contribution in [-0.4, -0.2) is 42.4 Å². The molecule has 1 rings (SSSR count). The number of piperidine rings is 1. The van der Waals surface area contributed by atoms with Gasteiger partial charge in [-0.1, -0.05) is 71.1 Å². The van der Waals surface area contributed by atoms with Gasteiger partial charge in [-0.25, -0.2) is 0 Å². The maximum absolute atomic E-state index is 12.7. The molecule has 2 amide bonds. The Morgan fingerprint density at radius 1 is 0.867 bits per heavy atom. The van der Waals surface area contributed by atoms with Crippen molar-refractivity contribution >= 4 is 11.8 Å². The summed E-state index contributed by atoms with van der Waals surface area (Å²) in [6.07, 6.45) is 20.2. The van der Waals surface area contributed by atoms with Gasteiger partial charge < -0.3 is 16.0 Å². The van der Waals surface area contributed by atoms with Crippen LogP contribution < -0.4 is 11.1 Å². The molecule has 0 radical (unpaired) electrons. The molecule has 5 nitrogen and oxygen atoms in total. The zero-order chi connectivity index (χ0) is 21.9. The average Bonchev–Trinajstić information content (AvgIpc) is 2.75. The SMILES string of the molecule is CCCCCCCCCCCCC(=O)N1CCCCC1CC(=O)NCCCCCN. The Labute approximate surface area is 185 Å². The van der Waals surface area contributed by atoms with Crippen molar-refractivity contribution in [3.63, 3.8) is 0 Å². The van der Waals surface area contributed by atoms with E-state index in [0.717, 1.165) is 64.5 Å². The summed E-state index contributed by atoms with van der Waals surface area (Å²) in [6, 6.07) is 0.0958. The van der Waals surface area contributed by atoms with Gasteiger partial charge in [-0.15, -0.1) is 0 Å². The van der Waals surface area contributed by atoms with E-state index in [1.54, 1.807) is 0 Å². The van der Waals surface area contributed by atoms with E-state index in [4.69, 9.17) is 5.73 Å².